The van der Waals surface area contributed by atoms with Crippen molar-refractivity contribution in [3.8, 4) is 0 Å². The van der Waals surface area contributed by atoms with E-state index in [1.165, 1.54) is 5.56 Å². The molecule has 5 rings (SSSR count). The maximum Gasteiger partial charge on any atom is 0.217 e. The molecule has 2 aromatic heterocycles. The highest BCUT2D eigenvalue weighted by Crippen LogP contribution is 2.27. The van der Waals surface area contributed by atoms with Gasteiger partial charge in [0.1, 0.15) is 0 Å². The van der Waals surface area contributed by atoms with Crippen molar-refractivity contribution >= 4 is 27.2 Å². The molecule has 0 aliphatic carbocycles. The summed E-state index contributed by atoms with van der Waals surface area (Å²) >= 11 is 0. The first-order chi connectivity index (χ1) is 17.3. The Morgan fingerprint density at radius 2 is 1.72 bits per heavy atom. The third-order valence-electron chi connectivity index (χ3n) is 7.43. The Labute approximate surface area is 213 Å². The number of hydrogen-bond acceptors (Lipinski definition) is 8. The first kappa shape index (κ1) is 24.9. The van der Waals surface area contributed by atoms with Gasteiger partial charge in [0.05, 0.1) is 10.9 Å². The van der Waals surface area contributed by atoms with Crippen molar-refractivity contribution in [1.29, 1.82) is 0 Å². The number of nitrogens with one attached hydrogen (secondary N) is 1. The minimum Gasteiger partial charge on any atom is -0.379 e. The Bertz CT molecular complexity index is 1280. The molecular formula is C25H36N8O2S. The fourth-order valence-corrected chi connectivity index (χ4v) is 7.12. The Balaban J connectivity index is 1.29. The van der Waals surface area contributed by atoms with Crippen LogP contribution in [0.1, 0.15) is 37.1 Å². The van der Waals surface area contributed by atoms with Gasteiger partial charge < -0.3 is 15.1 Å². The molecule has 11 heteroatoms. The van der Waals surface area contributed by atoms with Crippen LogP contribution in [0, 0.1) is 6.92 Å². The Morgan fingerprint density at radius 3 is 2.42 bits per heavy atom. The van der Waals surface area contributed by atoms with Crippen LogP contribution in [0.3, 0.4) is 0 Å². The van der Waals surface area contributed by atoms with Gasteiger partial charge in [-0.05, 0) is 58.3 Å². The molecule has 2 fully saturated rings. The van der Waals surface area contributed by atoms with Gasteiger partial charge in [-0.1, -0.05) is 30.3 Å². The number of piperidine rings is 2. The maximum atomic E-state index is 13.2. The highest BCUT2D eigenvalue weighted by atomic mass is 32.2. The first-order valence-corrected chi connectivity index (χ1v) is 14.2. The highest BCUT2D eigenvalue weighted by molar-refractivity contribution is 7.89. The number of rotatable bonds is 7. The summed E-state index contributed by atoms with van der Waals surface area (Å²) in [4.78, 5) is 4.31. The minimum atomic E-state index is -3.25. The number of hydrogen-bond donors (Lipinski definition) is 1. The molecule has 0 radical (unpaired) electrons. The molecule has 2 aliphatic heterocycles. The lowest BCUT2D eigenvalue weighted by Crippen LogP contribution is -2.48. The molecule has 4 heterocycles. The third kappa shape index (κ3) is 5.18. The summed E-state index contributed by atoms with van der Waals surface area (Å²) in [5.74, 6) is 1.54. The van der Waals surface area contributed by atoms with E-state index in [0.717, 1.165) is 62.6 Å². The average molecular weight is 513 g/mol. The van der Waals surface area contributed by atoms with Crippen LogP contribution in [-0.2, 0) is 16.6 Å². The second-order valence-corrected chi connectivity index (χ2v) is 12.3. The topological polar surface area (TPSA) is 99.0 Å². The van der Waals surface area contributed by atoms with Crippen LogP contribution in [-0.4, -0.2) is 89.0 Å². The van der Waals surface area contributed by atoms with E-state index in [4.69, 9.17) is 5.10 Å². The number of aromatic nitrogens is 4. The van der Waals surface area contributed by atoms with Crippen molar-refractivity contribution in [1.82, 2.24) is 29.0 Å². The maximum absolute atomic E-state index is 13.2. The van der Waals surface area contributed by atoms with Crippen LogP contribution in [0.2, 0.25) is 0 Å². The minimum absolute atomic E-state index is 0.157. The molecule has 2 aliphatic rings. The predicted molar refractivity (Wildman–Crippen MR) is 142 cm³/mol. The second-order valence-electron chi connectivity index (χ2n) is 10.1. The summed E-state index contributed by atoms with van der Waals surface area (Å²) < 4.78 is 29.9. The van der Waals surface area contributed by atoms with Crippen molar-refractivity contribution in [2.24, 2.45) is 0 Å². The van der Waals surface area contributed by atoms with E-state index in [0.29, 0.717) is 18.7 Å². The fourth-order valence-electron chi connectivity index (χ4n) is 5.17. The van der Waals surface area contributed by atoms with Gasteiger partial charge in [-0.2, -0.15) is 4.52 Å². The molecular weight excluding hydrogens is 476 g/mol. The zero-order chi connectivity index (χ0) is 25.3. The van der Waals surface area contributed by atoms with Crippen molar-refractivity contribution in [3.63, 3.8) is 0 Å². The molecule has 3 aromatic rings. The van der Waals surface area contributed by atoms with Crippen LogP contribution in [0.4, 0.5) is 11.5 Å². The predicted octanol–water partition coefficient (Wildman–Crippen LogP) is 2.37. The van der Waals surface area contributed by atoms with Crippen LogP contribution >= 0.6 is 0 Å². The quantitative estimate of drug-likeness (QED) is 0.515. The molecule has 0 bridgehead atoms. The molecule has 0 saturated carbocycles. The standard InChI is InChI=1S/C25H36N8O2S/c1-19-27-28-25-23(17-24(29-33(19)25)31(3)18-20-7-5-4-6-8-20)26-21-9-15-32(16-10-21)36(34,35)22-11-13-30(2)14-12-22/h4-8,17,21-22,26H,9-16,18H2,1-3H3. The highest BCUT2D eigenvalue weighted by Gasteiger charge is 2.36. The monoisotopic (exact) mass is 512 g/mol. The van der Waals surface area contributed by atoms with E-state index in [1.807, 2.05) is 38.2 Å². The molecule has 0 unspecified atom stereocenters. The Morgan fingerprint density at radius 1 is 1.03 bits per heavy atom. The number of nitrogens with zero attached hydrogens (tertiary/aromatic N) is 7. The van der Waals surface area contributed by atoms with Crippen LogP contribution in [0.25, 0.3) is 5.65 Å². The molecule has 194 valence electrons. The van der Waals surface area contributed by atoms with E-state index in [9.17, 15) is 8.42 Å². The van der Waals surface area contributed by atoms with E-state index < -0.39 is 10.0 Å². The van der Waals surface area contributed by atoms with Gasteiger partial charge in [0, 0.05) is 38.8 Å². The molecule has 10 nitrogen and oxygen atoms in total. The molecule has 1 N–H and O–H groups in total. The van der Waals surface area contributed by atoms with Crippen molar-refractivity contribution in [2.75, 3.05) is 50.5 Å². The van der Waals surface area contributed by atoms with Gasteiger partial charge in [-0.15, -0.1) is 15.3 Å². The number of anilines is 2. The lowest BCUT2D eigenvalue weighted by atomic mass is 10.1. The van der Waals surface area contributed by atoms with Gasteiger partial charge in [0.25, 0.3) is 0 Å². The largest absolute Gasteiger partial charge is 0.379 e. The Hall–Kier alpha value is -2.76. The number of benzene rings is 1. The third-order valence-corrected chi connectivity index (χ3v) is 9.83. The number of fused-ring (bicyclic) bond motifs is 1. The average Bonchev–Trinajstić information content (AvgIpc) is 3.26. The van der Waals surface area contributed by atoms with E-state index in [-0.39, 0.29) is 11.3 Å². The summed E-state index contributed by atoms with van der Waals surface area (Å²) in [6.45, 7) is 5.40. The zero-order valence-electron chi connectivity index (χ0n) is 21.3. The molecule has 1 aromatic carbocycles. The number of likely N-dealkylation sites (tertiary alicyclic amines) is 1. The van der Waals surface area contributed by atoms with Crippen molar-refractivity contribution in [2.45, 2.75) is 50.4 Å². The van der Waals surface area contributed by atoms with Crippen LogP contribution in [0.15, 0.2) is 36.4 Å². The first-order valence-electron chi connectivity index (χ1n) is 12.7. The van der Waals surface area contributed by atoms with Crippen molar-refractivity contribution in [3.05, 3.63) is 47.8 Å². The summed E-state index contributed by atoms with van der Waals surface area (Å²) in [5.41, 5.74) is 2.76. The molecule has 0 atom stereocenters. The van der Waals surface area contributed by atoms with Crippen LogP contribution < -0.4 is 10.2 Å². The van der Waals surface area contributed by atoms with Gasteiger partial charge in [-0.25, -0.2) is 12.7 Å². The zero-order valence-corrected chi connectivity index (χ0v) is 22.2. The van der Waals surface area contributed by atoms with Gasteiger partial charge in [-0.3, -0.25) is 0 Å². The SMILES string of the molecule is Cc1nnc2c(NC3CCN(S(=O)(=O)C4CCN(C)CC4)CC3)cc(N(C)Cc3ccccc3)nn12. The summed E-state index contributed by atoms with van der Waals surface area (Å²) in [6, 6.07) is 12.5. The molecule has 0 spiro atoms. The lowest BCUT2D eigenvalue weighted by molar-refractivity contribution is 0.266. The normalized spacial score (nSPS) is 19.1. The summed E-state index contributed by atoms with van der Waals surface area (Å²) in [7, 11) is 0.830. The van der Waals surface area contributed by atoms with Gasteiger partial charge in [0.15, 0.2) is 11.6 Å². The lowest BCUT2D eigenvalue weighted by Gasteiger charge is -2.36. The Kier molecular flexibility index (Phi) is 7.14. The molecule has 36 heavy (non-hydrogen) atoms. The summed E-state index contributed by atoms with van der Waals surface area (Å²) in [6.07, 6.45) is 2.94. The molecule has 2 saturated heterocycles. The molecule has 0 amide bonds. The van der Waals surface area contributed by atoms with Gasteiger partial charge in [0.2, 0.25) is 15.7 Å². The van der Waals surface area contributed by atoms with E-state index in [2.05, 4.69) is 44.5 Å². The van der Waals surface area contributed by atoms with Gasteiger partial charge >= 0.3 is 0 Å². The fraction of sp³-hybridized carbons (Fsp3) is 0.560. The van der Waals surface area contributed by atoms with Crippen molar-refractivity contribution < 1.29 is 8.42 Å². The number of aryl methyl sites for hydroxylation is 1. The van der Waals surface area contributed by atoms with Crippen LogP contribution in [0.5, 0.6) is 0 Å². The van der Waals surface area contributed by atoms with E-state index in [1.54, 1.807) is 8.82 Å². The summed E-state index contributed by atoms with van der Waals surface area (Å²) in [5, 5.41) is 16.7. The van der Waals surface area contributed by atoms with E-state index >= 15 is 0 Å². The number of sulfonamides is 1. The smallest absolute Gasteiger partial charge is 0.217 e. The second kappa shape index (κ2) is 10.3.